The van der Waals surface area contributed by atoms with Crippen LogP contribution in [-0.2, 0) is 6.54 Å². The van der Waals surface area contributed by atoms with Crippen molar-refractivity contribution >= 4 is 16.6 Å². The minimum Gasteiger partial charge on any atom is -0.300 e. The van der Waals surface area contributed by atoms with Crippen molar-refractivity contribution in [2.75, 3.05) is 0 Å². The molecule has 0 atom stereocenters. The van der Waals surface area contributed by atoms with Crippen LogP contribution in [0.2, 0.25) is 0 Å². The summed E-state index contributed by atoms with van der Waals surface area (Å²) < 4.78 is 32.6. The molecule has 0 saturated carbocycles. The van der Waals surface area contributed by atoms with Crippen LogP contribution >= 0.6 is 0 Å². The van der Waals surface area contributed by atoms with Gasteiger partial charge in [0.2, 0.25) is 0 Å². The normalized spacial score (nSPS) is 11.4. The zero-order chi connectivity index (χ0) is 20.0. The van der Waals surface area contributed by atoms with Crippen molar-refractivity contribution in [2.24, 2.45) is 0 Å². The second-order valence-corrected chi connectivity index (χ2v) is 6.69. The summed E-state index contributed by atoms with van der Waals surface area (Å²) >= 11 is 0. The molecule has 0 fully saturated rings. The van der Waals surface area contributed by atoms with Crippen molar-refractivity contribution in [3.05, 3.63) is 101 Å². The molecule has 0 bridgehead atoms. The van der Waals surface area contributed by atoms with Gasteiger partial charge in [-0.3, -0.25) is 13.8 Å². The maximum absolute atomic E-state index is 14.8. The van der Waals surface area contributed by atoms with E-state index in [1.54, 1.807) is 41.1 Å². The number of imidazole rings is 1. The van der Waals surface area contributed by atoms with E-state index in [0.717, 1.165) is 0 Å². The van der Waals surface area contributed by atoms with Gasteiger partial charge in [0.25, 0.3) is 5.56 Å². The number of rotatable bonds is 3. The van der Waals surface area contributed by atoms with E-state index in [2.05, 4.69) is 9.97 Å². The van der Waals surface area contributed by atoms with E-state index in [1.807, 2.05) is 18.2 Å². The first kappa shape index (κ1) is 17.2. The molecule has 2 aromatic carbocycles. The van der Waals surface area contributed by atoms with Crippen LogP contribution in [0.3, 0.4) is 0 Å². The van der Waals surface area contributed by atoms with Crippen LogP contribution in [0.5, 0.6) is 0 Å². The van der Waals surface area contributed by atoms with Gasteiger partial charge in [0.15, 0.2) is 0 Å². The molecule has 29 heavy (non-hydrogen) atoms. The van der Waals surface area contributed by atoms with Crippen molar-refractivity contribution < 1.29 is 8.78 Å². The van der Waals surface area contributed by atoms with Crippen LogP contribution in [0.1, 0.15) is 5.56 Å². The minimum atomic E-state index is -0.731. The number of aromatic nitrogens is 4. The van der Waals surface area contributed by atoms with Crippen LogP contribution < -0.4 is 5.56 Å². The zero-order valence-electron chi connectivity index (χ0n) is 15.1. The Morgan fingerprint density at radius 3 is 2.52 bits per heavy atom. The van der Waals surface area contributed by atoms with Gasteiger partial charge in [-0.1, -0.05) is 18.2 Å². The van der Waals surface area contributed by atoms with Gasteiger partial charge in [0.1, 0.15) is 17.3 Å². The summed E-state index contributed by atoms with van der Waals surface area (Å²) in [5.74, 6) is -1.46. The van der Waals surface area contributed by atoms with Gasteiger partial charge < -0.3 is 0 Å². The highest BCUT2D eigenvalue weighted by atomic mass is 19.1. The van der Waals surface area contributed by atoms with Crippen LogP contribution in [-0.4, -0.2) is 18.9 Å². The van der Waals surface area contributed by atoms with E-state index in [9.17, 15) is 13.6 Å². The van der Waals surface area contributed by atoms with Gasteiger partial charge in [0, 0.05) is 17.3 Å². The maximum Gasteiger partial charge on any atom is 0.261 e. The molecule has 3 heterocycles. The molecule has 0 saturated heterocycles. The summed E-state index contributed by atoms with van der Waals surface area (Å²) in [5, 5.41) is 0.401. The minimum absolute atomic E-state index is 0.193. The number of hydrogen-bond donors (Lipinski definition) is 0. The molecular weight excluding hydrogens is 374 g/mol. The molecule has 0 N–H and O–H groups in total. The smallest absolute Gasteiger partial charge is 0.261 e. The Labute approximate surface area is 163 Å². The first-order valence-electron chi connectivity index (χ1n) is 8.96. The SMILES string of the molecule is O=c1c2ccccc2ncn1Cc1c(F)cc(-c2cnc3ccccn23)cc1F. The van der Waals surface area contributed by atoms with E-state index in [1.165, 1.54) is 23.0 Å². The molecule has 0 unspecified atom stereocenters. The van der Waals surface area contributed by atoms with Crippen LogP contribution in [0.15, 0.2) is 78.1 Å². The number of pyridine rings is 1. The van der Waals surface area contributed by atoms with Gasteiger partial charge in [-0.15, -0.1) is 0 Å². The summed E-state index contributed by atoms with van der Waals surface area (Å²) in [6, 6.07) is 14.8. The Hall–Kier alpha value is -3.87. The number of fused-ring (bicyclic) bond motifs is 2. The molecule has 7 heteroatoms. The van der Waals surface area contributed by atoms with E-state index < -0.39 is 11.6 Å². The summed E-state index contributed by atoms with van der Waals surface area (Å²) in [5.41, 5.74) is 1.63. The van der Waals surface area contributed by atoms with E-state index >= 15 is 0 Å². The largest absolute Gasteiger partial charge is 0.300 e. The summed E-state index contributed by atoms with van der Waals surface area (Å²) in [6.07, 6.45) is 4.66. The third-order valence-electron chi connectivity index (χ3n) is 4.91. The number of nitrogens with zero attached hydrogens (tertiary/aromatic N) is 4. The molecule has 0 radical (unpaired) electrons. The van der Waals surface area contributed by atoms with Crippen molar-refractivity contribution in [2.45, 2.75) is 6.54 Å². The molecular formula is C22H14F2N4O. The third kappa shape index (κ3) is 2.87. The maximum atomic E-state index is 14.8. The van der Waals surface area contributed by atoms with Crippen molar-refractivity contribution in [1.82, 2.24) is 18.9 Å². The van der Waals surface area contributed by atoms with Crippen LogP contribution in [0.25, 0.3) is 27.8 Å². The molecule has 5 rings (SSSR count). The summed E-state index contributed by atoms with van der Waals surface area (Å²) in [6.45, 7) is -0.248. The topological polar surface area (TPSA) is 52.2 Å². The third-order valence-corrected chi connectivity index (χ3v) is 4.91. The second-order valence-electron chi connectivity index (χ2n) is 6.69. The van der Waals surface area contributed by atoms with Gasteiger partial charge in [-0.25, -0.2) is 18.7 Å². The zero-order valence-corrected chi connectivity index (χ0v) is 15.1. The van der Waals surface area contributed by atoms with Crippen molar-refractivity contribution in [3.63, 3.8) is 0 Å². The Kier molecular flexibility index (Phi) is 3.94. The average molecular weight is 388 g/mol. The number of hydrogen-bond acceptors (Lipinski definition) is 3. The monoisotopic (exact) mass is 388 g/mol. The van der Waals surface area contributed by atoms with Crippen molar-refractivity contribution in [1.29, 1.82) is 0 Å². The number of benzene rings is 2. The molecule has 5 nitrogen and oxygen atoms in total. The highest BCUT2D eigenvalue weighted by Gasteiger charge is 2.16. The Morgan fingerprint density at radius 1 is 0.931 bits per heavy atom. The molecule has 0 aliphatic rings. The number of halogens is 2. The average Bonchev–Trinajstić information content (AvgIpc) is 3.16. The van der Waals surface area contributed by atoms with Gasteiger partial charge in [0.05, 0.1) is 35.7 Å². The number of para-hydroxylation sites is 1. The van der Waals surface area contributed by atoms with E-state index in [4.69, 9.17) is 0 Å². The molecule has 5 aromatic rings. The van der Waals surface area contributed by atoms with E-state index in [-0.39, 0.29) is 17.7 Å². The lowest BCUT2D eigenvalue weighted by atomic mass is 10.1. The predicted octanol–water partition coefficient (Wildman–Crippen LogP) is 4.04. The lowest BCUT2D eigenvalue weighted by Crippen LogP contribution is -2.22. The molecule has 3 aromatic heterocycles. The van der Waals surface area contributed by atoms with E-state index in [0.29, 0.717) is 27.8 Å². The molecule has 142 valence electrons. The molecule has 0 aliphatic heterocycles. The second kappa shape index (κ2) is 6.63. The van der Waals surface area contributed by atoms with Gasteiger partial charge >= 0.3 is 0 Å². The lowest BCUT2D eigenvalue weighted by molar-refractivity contribution is 0.541. The quantitative estimate of drug-likeness (QED) is 0.469. The van der Waals surface area contributed by atoms with Crippen molar-refractivity contribution in [3.8, 4) is 11.3 Å². The Morgan fingerprint density at radius 2 is 1.69 bits per heavy atom. The highest BCUT2D eigenvalue weighted by Crippen LogP contribution is 2.25. The van der Waals surface area contributed by atoms with Crippen LogP contribution in [0.4, 0.5) is 8.78 Å². The Balaban J connectivity index is 1.57. The van der Waals surface area contributed by atoms with Crippen LogP contribution in [0, 0.1) is 11.6 Å². The fraction of sp³-hybridized carbons (Fsp3) is 0.0455. The fourth-order valence-electron chi connectivity index (χ4n) is 3.44. The molecule has 0 spiro atoms. The van der Waals surface area contributed by atoms with Gasteiger partial charge in [-0.05, 0) is 36.4 Å². The highest BCUT2D eigenvalue weighted by molar-refractivity contribution is 5.76. The Bertz CT molecular complexity index is 1420. The first-order valence-corrected chi connectivity index (χ1v) is 8.96. The fourth-order valence-corrected chi connectivity index (χ4v) is 3.44. The standard InChI is InChI=1S/C22H14F2N4O/c23-17-9-14(20-11-25-21-7-3-4-8-28(20)21)10-18(24)16(17)12-27-13-26-19-6-2-1-5-15(19)22(27)29/h1-11,13H,12H2. The summed E-state index contributed by atoms with van der Waals surface area (Å²) in [4.78, 5) is 21.1. The molecule has 0 aliphatic carbocycles. The van der Waals surface area contributed by atoms with Gasteiger partial charge in [-0.2, -0.15) is 0 Å². The molecule has 0 amide bonds. The summed E-state index contributed by atoms with van der Waals surface area (Å²) in [7, 11) is 0. The predicted molar refractivity (Wildman–Crippen MR) is 106 cm³/mol. The lowest BCUT2D eigenvalue weighted by Gasteiger charge is -2.11. The first-order chi connectivity index (χ1) is 14.1.